The van der Waals surface area contributed by atoms with Crippen LogP contribution < -0.4 is 4.74 Å². The maximum absolute atomic E-state index is 10.1. The molecule has 0 fully saturated rings. The molecule has 1 aliphatic rings. The Morgan fingerprint density at radius 1 is 1.11 bits per heavy atom. The molecule has 0 aliphatic carbocycles. The predicted octanol–water partition coefficient (Wildman–Crippen LogP) is 4.00. The lowest BCUT2D eigenvalue weighted by molar-refractivity contribution is 0.105. The van der Waals surface area contributed by atoms with Crippen molar-refractivity contribution in [2.24, 2.45) is 0 Å². The van der Waals surface area contributed by atoms with Crippen LogP contribution in [0.5, 0.6) is 11.5 Å². The number of ether oxygens (including phenoxy) is 1. The molecule has 0 radical (unpaired) electrons. The molecule has 18 heavy (non-hydrogen) atoms. The first-order chi connectivity index (χ1) is 8.49. The second-order valence-electron chi connectivity index (χ2n) is 5.31. The van der Waals surface area contributed by atoms with E-state index in [9.17, 15) is 5.11 Å². The first-order valence-electron chi connectivity index (χ1n) is 6.11. The summed E-state index contributed by atoms with van der Waals surface area (Å²) >= 11 is 0. The van der Waals surface area contributed by atoms with E-state index in [-0.39, 0.29) is 11.4 Å². The van der Waals surface area contributed by atoms with E-state index in [1.54, 1.807) is 6.07 Å². The number of phenolic OH excluding ortho intramolecular Hbond substituents is 1. The zero-order chi connectivity index (χ0) is 12.9. The maximum atomic E-state index is 10.1. The van der Waals surface area contributed by atoms with E-state index in [1.807, 2.05) is 26.0 Å². The van der Waals surface area contributed by atoms with Crippen molar-refractivity contribution in [3.8, 4) is 22.6 Å². The van der Waals surface area contributed by atoms with E-state index in [0.29, 0.717) is 0 Å². The second-order valence-corrected chi connectivity index (χ2v) is 5.31. The molecule has 2 heteroatoms. The van der Waals surface area contributed by atoms with Crippen LogP contribution in [0.3, 0.4) is 0 Å². The van der Waals surface area contributed by atoms with Crippen LogP contribution in [0.1, 0.15) is 25.0 Å². The zero-order valence-electron chi connectivity index (χ0n) is 10.8. The van der Waals surface area contributed by atoms with Crippen molar-refractivity contribution in [2.45, 2.75) is 26.4 Å². The number of aromatic hydroxyl groups is 1. The fraction of sp³-hybridized carbons (Fsp3) is 0.250. The number of rotatable bonds is 0. The smallest absolute Gasteiger partial charge is 0.132 e. The van der Waals surface area contributed by atoms with Gasteiger partial charge in [0.25, 0.3) is 0 Å². The normalized spacial score (nSPS) is 15.5. The molecule has 0 spiro atoms. The molecule has 1 heterocycles. The largest absolute Gasteiger partial charge is 0.507 e. The Balaban J connectivity index is 2.38. The summed E-state index contributed by atoms with van der Waals surface area (Å²) in [5.41, 5.74) is 3.79. The standard InChI is InChI=1S/C16H16O2/c1-10-7-8-12-11(9-10)15-13(17)5-4-6-14(15)18-16(12,2)3/h4-9,17H,1-3H3. The number of fused-ring (bicyclic) bond motifs is 3. The van der Waals surface area contributed by atoms with Gasteiger partial charge in [-0.25, -0.2) is 0 Å². The molecule has 2 nitrogen and oxygen atoms in total. The molecule has 3 rings (SSSR count). The van der Waals surface area contributed by atoms with Crippen molar-refractivity contribution >= 4 is 0 Å². The van der Waals surface area contributed by atoms with Gasteiger partial charge in [0.1, 0.15) is 17.1 Å². The lowest BCUT2D eigenvalue weighted by Gasteiger charge is -2.35. The van der Waals surface area contributed by atoms with Gasteiger partial charge in [0.05, 0.1) is 5.56 Å². The van der Waals surface area contributed by atoms with Gasteiger partial charge in [0.2, 0.25) is 0 Å². The van der Waals surface area contributed by atoms with E-state index < -0.39 is 0 Å². The second kappa shape index (κ2) is 3.52. The van der Waals surface area contributed by atoms with Crippen LogP contribution in [0, 0.1) is 6.92 Å². The van der Waals surface area contributed by atoms with E-state index in [2.05, 4.69) is 25.1 Å². The average molecular weight is 240 g/mol. The number of aryl methyl sites for hydroxylation is 1. The van der Waals surface area contributed by atoms with E-state index >= 15 is 0 Å². The minimum atomic E-state index is -0.371. The van der Waals surface area contributed by atoms with Gasteiger partial charge in [-0.15, -0.1) is 0 Å². The highest BCUT2D eigenvalue weighted by Gasteiger charge is 2.33. The molecule has 1 aliphatic heterocycles. The molecule has 0 saturated carbocycles. The Kier molecular flexibility index (Phi) is 2.18. The minimum absolute atomic E-state index is 0.273. The van der Waals surface area contributed by atoms with Crippen LogP contribution in [-0.4, -0.2) is 5.11 Å². The topological polar surface area (TPSA) is 29.5 Å². The zero-order valence-corrected chi connectivity index (χ0v) is 10.8. The quantitative estimate of drug-likeness (QED) is 0.754. The van der Waals surface area contributed by atoms with Crippen LogP contribution in [0.2, 0.25) is 0 Å². The summed E-state index contributed by atoms with van der Waals surface area (Å²) in [6.07, 6.45) is 0. The van der Waals surface area contributed by atoms with Gasteiger partial charge in [-0.3, -0.25) is 0 Å². The summed E-state index contributed by atoms with van der Waals surface area (Å²) < 4.78 is 6.01. The van der Waals surface area contributed by atoms with Crippen LogP contribution >= 0.6 is 0 Å². The van der Waals surface area contributed by atoms with Gasteiger partial charge in [-0.05, 0) is 38.5 Å². The highest BCUT2D eigenvalue weighted by molar-refractivity contribution is 5.81. The third kappa shape index (κ3) is 1.49. The lowest BCUT2D eigenvalue weighted by Crippen LogP contribution is -2.29. The molecule has 0 amide bonds. The van der Waals surface area contributed by atoms with Crippen LogP contribution in [0.25, 0.3) is 11.1 Å². The minimum Gasteiger partial charge on any atom is -0.507 e. The molecule has 0 atom stereocenters. The molecular weight excluding hydrogens is 224 g/mol. The van der Waals surface area contributed by atoms with Gasteiger partial charge in [-0.1, -0.05) is 29.8 Å². The summed E-state index contributed by atoms with van der Waals surface area (Å²) in [6, 6.07) is 11.7. The highest BCUT2D eigenvalue weighted by atomic mass is 16.5. The molecule has 0 bridgehead atoms. The number of hydrogen-bond donors (Lipinski definition) is 1. The van der Waals surface area contributed by atoms with Crippen molar-refractivity contribution in [1.29, 1.82) is 0 Å². The van der Waals surface area contributed by atoms with Gasteiger partial charge in [0.15, 0.2) is 0 Å². The molecule has 2 aromatic rings. The first kappa shape index (κ1) is 11.1. The van der Waals surface area contributed by atoms with E-state index in [1.165, 1.54) is 5.56 Å². The van der Waals surface area contributed by atoms with Crippen molar-refractivity contribution in [1.82, 2.24) is 0 Å². The molecule has 92 valence electrons. The Labute approximate surface area is 107 Å². The number of benzene rings is 2. The van der Waals surface area contributed by atoms with Crippen molar-refractivity contribution in [3.05, 3.63) is 47.5 Å². The number of hydrogen-bond acceptors (Lipinski definition) is 2. The fourth-order valence-corrected chi connectivity index (χ4v) is 2.60. The third-order valence-electron chi connectivity index (χ3n) is 3.46. The molecule has 1 N–H and O–H groups in total. The van der Waals surface area contributed by atoms with Crippen LogP contribution in [-0.2, 0) is 5.60 Å². The summed E-state index contributed by atoms with van der Waals surface area (Å²) in [6.45, 7) is 6.16. The van der Waals surface area contributed by atoms with Crippen LogP contribution in [0.4, 0.5) is 0 Å². The van der Waals surface area contributed by atoms with E-state index in [0.717, 1.165) is 22.4 Å². The predicted molar refractivity (Wildman–Crippen MR) is 71.9 cm³/mol. The van der Waals surface area contributed by atoms with Gasteiger partial charge < -0.3 is 9.84 Å². The monoisotopic (exact) mass is 240 g/mol. The maximum Gasteiger partial charge on any atom is 0.132 e. The van der Waals surface area contributed by atoms with Crippen molar-refractivity contribution < 1.29 is 9.84 Å². The third-order valence-corrected chi connectivity index (χ3v) is 3.46. The van der Waals surface area contributed by atoms with Gasteiger partial charge >= 0.3 is 0 Å². The Morgan fingerprint density at radius 2 is 1.89 bits per heavy atom. The molecule has 2 aromatic carbocycles. The Hall–Kier alpha value is -1.96. The van der Waals surface area contributed by atoms with Crippen molar-refractivity contribution in [3.63, 3.8) is 0 Å². The Bertz CT molecular complexity index is 627. The van der Waals surface area contributed by atoms with E-state index in [4.69, 9.17) is 4.74 Å². The SMILES string of the molecule is Cc1ccc2c(c1)-c1c(O)cccc1OC2(C)C. The fourth-order valence-electron chi connectivity index (χ4n) is 2.60. The van der Waals surface area contributed by atoms with Gasteiger partial charge in [0, 0.05) is 5.56 Å². The lowest BCUT2D eigenvalue weighted by atomic mass is 9.85. The molecule has 0 aromatic heterocycles. The summed E-state index contributed by atoms with van der Waals surface area (Å²) in [5.74, 6) is 1.02. The Morgan fingerprint density at radius 3 is 2.67 bits per heavy atom. The molecule has 0 saturated heterocycles. The summed E-state index contributed by atoms with van der Waals surface area (Å²) in [7, 11) is 0. The summed E-state index contributed by atoms with van der Waals surface area (Å²) in [4.78, 5) is 0. The summed E-state index contributed by atoms with van der Waals surface area (Å²) in [5, 5.41) is 10.1. The van der Waals surface area contributed by atoms with Crippen LogP contribution in [0.15, 0.2) is 36.4 Å². The molecular formula is C16H16O2. The highest BCUT2D eigenvalue weighted by Crippen LogP contribution is 2.48. The van der Waals surface area contributed by atoms with Crippen molar-refractivity contribution in [2.75, 3.05) is 0 Å². The number of phenols is 1. The van der Waals surface area contributed by atoms with Gasteiger partial charge in [-0.2, -0.15) is 0 Å². The molecule has 0 unspecified atom stereocenters. The first-order valence-corrected chi connectivity index (χ1v) is 6.11. The average Bonchev–Trinajstić information content (AvgIpc) is 2.27.